The molecule has 5 heteroatoms. The SMILES string of the molecule is CSC1CCCC(NCc2cccc(C(=O)O)n2)C1. The monoisotopic (exact) mass is 280 g/mol. The molecule has 0 amide bonds. The molecule has 0 spiro atoms. The third kappa shape index (κ3) is 4.21. The highest BCUT2D eigenvalue weighted by Gasteiger charge is 2.20. The standard InChI is InChI=1S/C14H20N2O2S/c1-19-12-6-2-4-10(8-12)15-9-11-5-3-7-13(16-11)14(17)18/h3,5,7,10,12,15H,2,4,6,8-9H2,1H3,(H,17,18). The highest BCUT2D eigenvalue weighted by Crippen LogP contribution is 2.26. The van der Waals surface area contributed by atoms with Crippen molar-refractivity contribution in [2.24, 2.45) is 0 Å². The van der Waals surface area contributed by atoms with E-state index in [1.807, 2.05) is 17.8 Å². The maximum absolute atomic E-state index is 10.9. The lowest BCUT2D eigenvalue weighted by atomic mass is 9.95. The molecule has 0 radical (unpaired) electrons. The summed E-state index contributed by atoms with van der Waals surface area (Å²) in [5.74, 6) is -0.970. The first-order valence-corrected chi connectivity index (χ1v) is 7.93. The summed E-state index contributed by atoms with van der Waals surface area (Å²) in [6, 6.07) is 5.67. The van der Waals surface area contributed by atoms with Crippen molar-refractivity contribution in [3.63, 3.8) is 0 Å². The first kappa shape index (κ1) is 14.3. The van der Waals surface area contributed by atoms with Gasteiger partial charge in [-0.2, -0.15) is 11.8 Å². The van der Waals surface area contributed by atoms with Gasteiger partial charge in [0.25, 0.3) is 0 Å². The predicted molar refractivity (Wildman–Crippen MR) is 77.6 cm³/mol. The van der Waals surface area contributed by atoms with Crippen molar-refractivity contribution in [2.75, 3.05) is 6.26 Å². The van der Waals surface area contributed by atoms with Crippen LogP contribution in [0.25, 0.3) is 0 Å². The van der Waals surface area contributed by atoms with E-state index >= 15 is 0 Å². The summed E-state index contributed by atoms with van der Waals surface area (Å²) in [5, 5.41) is 13.2. The molecule has 0 bridgehead atoms. The van der Waals surface area contributed by atoms with Crippen molar-refractivity contribution in [3.05, 3.63) is 29.6 Å². The van der Waals surface area contributed by atoms with E-state index in [0.29, 0.717) is 12.6 Å². The van der Waals surface area contributed by atoms with Crippen LogP contribution in [-0.2, 0) is 6.54 Å². The van der Waals surface area contributed by atoms with Crippen molar-refractivity contribution in [1.82, 2.24) is 10.3 Å². The second-order valence-electron chi connectivity index (χ2n) is 4.92. The second kappa shape index (κ2) is 6.91. The van der Waals surface area contributed by atoms with E-state index < -0.39 is 5.97 Å². The Hall–Kier alpha value is -1.07. The van der Waals surface area contributed by atoms with Gasteiger partial charge in [0.15, 0.2) is 0 Å². The smallest absolute Gasteiger partial charge is 0.354 e. The quantitative estimate of drug-likeness (QED) is 0.868. The van der Waals surface area contributed by atoms with E-state index in [0.717, 1.165) is 10.9 Å². The Labute approximate surface area is 118 Å². The van der Waals surface area contributed by atoms with Gasteiger partial charge in [0.1, 0.15) is 5.69 Å². The fourth-order valence-corrected chi connectivity index (χ4v) is 3.32. The molecule has 1 aromatic rings. The van der Waals surface area contributed by atoms with Crippen molar-refractivity contribution in [1.29, 1.82) is 0 Å². The van der Waals surface area contributed by atoms with E-state index in [2.05, 4.69) is 16.6 Å². The maximum atomic E-state index is 10.9. The van der Waals surface area contributed by atoms with Gasteiger partial charge < -0.3 is 10.4 Å². The first-order valence-electron chi connectivity index (χ1n) is 6.64. The van der Waals surface area contributed by atoms with Gasteiger partial charge >= 0.3 is 5.97 Å². The molecule has 2 rings (SSSR count). The minimum Gasteiger partial charge on any atom is -0.477 e. The van der Waals surface area contributed by atoms with Gasteiger partial charge in [-0.25, -0.2) is 9.78 Å². The lowest BCUT2D eigenvalue weighted by molar-refractivity contribution is 0.0690. The highest BCUT2D eigenvalue weighted by molar-refractivity contribution is 7.99. The number of hydrogen-bond acceptors (Lipinski definition) is 4. The number of aromatic nitrogens is 1. The Kier molecular flexibility index (Phi) is 5.22. The van der Waals surface area contributed by atoms with Gasteiger partial charge in [0.2, 0.25) is 0 Å². The molecule has 104 valence electrons. The Balaban J connectivity index is 1.88. The zero-order chi connectivity index (χ0) is 13.7. The van der Waals surface area contributed by atoms with Gasteiger partial charge in [-0.3, -0.25) is 0 Å². The summed E-state index contributed by atoms with van der Waals surface area (Å²) >= 11 is 1.94. The molecular formula is C14H20N2O2S. The van der Waals surface area contributed by atoms with Crippen LogP contribution in [0.4, 0.5) is 0 Å². The molecule has 1 aromatic heterocycles. The fraction of sp³-hybridized carbons (Fsp3) is 0.571. The van der Waals surface area contributed by atoms with Crippen LogP contribution in [0.5, 0.6) is 0 Å². The first-order chi connectivity index (χ1) is 9.19. The minimum absolute atomic E-state index is 0.116. The molecule has 1 heterocycles. The summed E-state index contributed by atoms with van der Waals surface area (Å²) in [5.41, 5.74) is 0.913. The van der Waals surface area contributed by atoms with E-state index in [4.69, 9.17) is 5.11 Å². The number of carbonyl (C=O) groups is 1. The number of thioether (sulfide) groups is 1. The highest BCUT2D eigenvalue weighted by atomic mass is 32.2. The Morgan fingerprint density at radius 2 is 2.37 bits per heavy atom. The van der Waals surface area contributed by atoms with Crippen LogP contribution in [0.15, 0.2) is 18.2 Å². The Bertz CT molecular complexity index is 439. The van der Waals surface area contributed by atoms with Gasteiger partial charge in [0, 0.05) is 17.8 Å². The van der Waals surface area contributed by atoms with Gasteiger partial charge in [0.05, 0.1) is 5.69 Å². The van der Waals surface area contributed by atoms with Crippen molar-refractivity contribution >= 4 is 17.7 Å². The van der Waals surface area contributed by atoms with E-state index in [1.165, 1.54) is 31.7 Å². The molecule has 1 aliphatic carbocycles. The molecule has 0 saturated heterocycles. The molecule has 2 unspecified atom stereocenters. The maximum Gasteiger partial charge on any atom is 0.354 e. The molecule has 1 aliphatic rings. The Morgan fingerprint density at radius 1 is 1.53 bits per heavy atom. The summed E-state index contributed by atoms with van der Waals surface area (Å²) in [6.45, 7) is 0.646. The van der Waals surface area contributed by atoms with Crippen LogP contribution < -0.4 is 5.32 Å². The molecule has 1 fully saturated rings. The molecule has 1 saturated carbocycles. The molecule has 2 atom stereocenters. The number of carboxylic acids is 1. The van der Waals surface area contributed by atoms with Gasteiger partial charge in [-0.15, -0.1) is 0 Å². The van der Waals surface area contributed by atoms with E-state index in [1.54, 1.807) is 6.07 Å². The summed E-state index contributed by atoms with van der Waals surface area (Å²) < 4.78 is 0. The number of rotatable bonds is 5. The third-order valence-electron chi connectivity index (χ3n) is 3.56. The Morgan fingerprint density at radius 3 is 3.11 bits per heavy atom. The van der Waals surface area contributed by atoms with Crippen molar-refractivity contribution < 1.29 is 9.90 Å². The van der Waals surface area contributed by atoms with Crippen LogP contribution in [0.3, 0.4) is 0 Å². The number of pyridine rings is 1. The lowest BCUT2D eigenvalue weighted by Gasteiger charge is -2.28. The summed E-state index contributed by atoms with van der Waals surface area (Å²) in [6.07, 6.45) is 7.15. The van der Waals surface area contributed by atoms with Gasteiger partial charge in [-0.05, 0) is 37.7 Å². The number of nitrogens with one attached hydrogen (secondary N) is 1. The van der Waals surface area contributed by atoms with Crippen LogP contribution in [-0.4, -0.2) is 33.6 Å². The van der Waals surface area contributed by atoms with Crippen molar-refractivity contribution in [2.45, 2.75) is 43.5 Å². The third-order valence-corrected chi connectivity index (χ3v) is 4.65. The van der Waals surface area contributed by atoms with Gasteiger partial charge in [-0.1, -0.05) is 12.5 Å². The average Bonchev–Trinajstić information content (AvgIpc) is 2.45. The van der Waals surface area contributed by atoms with Crippen molar-refractivity contribution in [3.8, 4) is 0 Å². The second-order valence-corrected chi connectivity index (χ2v) is 6.06. The van der Waals surface area contributed by atoms with Crippen LogP contribution in [0.1, 0.15) is 41.9 Å². The topological polar surface area (TPSA) is 62.2 Å². The average molecular weight is 280 g/mol. The number of aromatic carboxylic acids is 1. The molecule has 0 aliphatic heterocycles. The van der Waals surface area contributed by atoms with E-state index in [9.17, 15) is 4.79 Å². The summed E-state index contributed by atoms with van der Waals surface area (Å²) in [4.78, 5) is 15.0. The minimum atomic E-state index is -0.970. The number of hydrogen-bond donors (Lipinski definition) is 2. The molecular weight excluding hydrogens is 260 g/mol. The zero-order valence-electron chi connectivity index (χ0n) is 11.1. The molecule has 19 heavy (non-hydrogen) atoms. The predicted octanol–water partition coefficient (Wildman–Crippen LogP) is 2.54. The zero-order valence-corrected chi connectivity index (χ0v) is 11.9. The molecule has 4 nitrogen and oxygen atoms in total. The molecule has 2 N–H and O–H groups in total. The summed E-state index contributed by atoms with van der Waals surface area (Å²) in [7, 11) is 0. The largest absolute Gasteiger partial charge is 0.477 e. The van der Waals surface area contributed by atoms with Crippen LogP contribution in [0, 0.1) is 0 Å². The van der Waals surface area contributed by atoms with E-state index in [-0.39, 0.29) is 5.69 Å². The number of nitrogens with zero attached hydrogens (tertiary/aromatic N) is 1. The van der Waals surface area contributed by atoms with Crippen LogP contribution in [0.2, 0.25) is 0 Å². The molecule has 0 aromatic carbocycles. The lowest BCUT2D eigenvalue weighted by Crippen LogP contribution is -2.34. The fourth-order valence-electron chi connectivity index (χ4n) is 2.49. The van der Waals surface area contributed by atoms with Crippen LogP contribution >= 0.6 is 11.8 Å². The number of carboxylic acid groups (broad SMARTS) is 1. The normalized spacial score (nSPS) is 23.2.